The number of ether oxygens (including phenoxy) is 1. The monoisotopic (exact) mass is 543 g/mol. The molecule has 3 aromatic carbocycles. The summed E-state index contributed by atoms with van der Waals surface area (Å²) in [4.78, 5) is 13.5. The van der Waals surface area contributed by atoms with Crippen LogP contribution in [0, 0.1) is 6.92 Å². The molecule has 0 bridgehead atoms. The van der Waals surface area contributed by atoms with Crippen molar-refractivity contribution in [3.8, 4) is 0 Å². The Labute approximate surface area is 217 Å². The lowest BCUT2D eigenvalue weighted by Gasteiger charge is -2.19. The number of nitrogens with zero attached hydrogens (tertiary/aromatic N) is 1. The third-order valence-corrected chi connectivity index (χ3v) is 9.67. The lowest BCUT2D eigenvalue weighted by molar-refractivity contribution is 0.0520. The molecule has 0 aliphatic heterocycles. The van der Waals surface area contributed by atoms with Crippen molar-refractivity contribution >= 4 is 57.3 Å². The number of aryl methyl sites for hydroxylation is 2. The molecule has 0 fully saturated rings. The highest BCUT2D eigenvalue weighted by molar-refractivity contribution is 7.90. The fraction of sp³-hybridized carbons (Fsp3) is 0.222. The maximum atomic E-state index is 14.0. The summed E-state index contributed by atoms with van der Waals surface area (Å²) in [5.74, 6) is -0.743. The van der Waals surface area contributed by atoms with Crippen molar-refractivity contribution in [2.45, 2.75) is 32.1 Å². The van der Waals surface area contributed by atoms with E-state index < -0.39 is 24.1 Å². The zero-order chi connectivity index (χ0) is 26.0. The number of carbonyl (C=O) groups is 1. The Hall–Kier alpha value is -2.70. The van der Waals surface area contributed by atoms with Crippen molar-refractivity contribution in [1.29, 1.82) is 0 Å². The minimum absolute atomic E-state index is 0.0551. The molecule has 4 rings (SSSR count). The van der Waals surface area contributed by atoms with Gasteiger partial charge >= 0.3 is 5.97 Å². The van der Waals surface area contributed by atoms with E-state index in [9.17, 15) is 13.2 Å². The van der Waals surface area contributed by atoms with E-state index in [-0.39, 0.29) is 17.2 Å². The van der Waals surface area contributed by atoms with Crippen LogP contribution in [-0.4, -0.2) is 32.1 Å². The lowest BCUT2D eigenvalue weighted by atomic mass is 10.1. The minimum Gasteiger partial charge on any atom is -0.461 e. The first-order valence-corrected chi connectivity index (χ1v) is 14.6. The largest absolute Gasteiger partial charge is 0.461 e. The molecular weight excluding hydrogens is 517 g/mol. The number of hydrogen-bond donors (Lipinski definition) is 0. The van der Waals surface area contributed by atoms with Crippen molar-refractivity contribution in [2.75, 3.05) is 13.7 Å². The highest BCUT2D eigenvalue weighted by atomic mass is 35.5. The van der Waals surface area contributed by atoms with Gasteiger partial charge in [0.1, 0.15) is 0 Å². The predicted molar refractivity (Wildman–Crippen MR) is 146 cm³/mol. The molecule has 188 valence electrons. The van der Waals surface area contributed by atoms with E-state index in [4.69, 9.17) is 20.9 Å². The van der Waals surface area contributed by atoms with Crippen LogP contribution < -0.4 is 10.6 Å². The zero-order valence-corrected chi connectivity index (χ0v) is 23.0. The van der Waals surface area contributed by atoms with Crippen LogP contribution >= 0.6 is 19.7 Å². The molecule has 6 nitrogen and oxygen atoms in total. The molecule has 36 heavy (non-hydrogen) atoms. The minimum atomic E-state index is -4.17. The average Bonchev–Trinajstić information content (AvgIpc) is 3.20. The quantitative estimate of drug-likeness (QED) is 0.214. The first kappa shape index (κ1) is 26.4. The molecule has 0 aliphatic rings. The number of esters is 1. The molecule has 0 radical (unpaired) electrons. The SMILES string of the molecule is CCOC(=O)c1c(P(OC)c2cc(C)cc(CC)c2)c2cc(Cl)ccc2n1S(=O)(=O)c1ccccc1. The average molecular weight is 544 g/mol. The van der Waals surface area contributed by atoms with Gasteiger partial charge in [0.05, 0.1) is 25.2 Å². The van der Waals surface area contributed by atoms with Gasteiger partial charge in [0.25, 0.3) is 10.0 Å². The summed E-state index contributed by atoms with van der Waals surface area (Å²) in [7, 11) is -4.21. The van der Waals surface area contributed by atoms with Gasteiger partial charge in [-0.25, -0.2) is 17.2 Å². The standard InChI is InChI=1S/C27H27ClNO5PS/c1-5-19-14-18(3)15-21(16-19)35(33-4)26-23-17-20(28)12-13-24(23)29(25(26)27(30)34-6-2)36(31,32)22-10-8-7-9-11-22/h7-17H,5-6H2,1-4H3. The van der Waals surface area contributed by atoms with Crippen molar-refractivity contribution in [1.82, 2.24) is 3.97 Å². The lowest BCUT2D eigenvalue weighted by Crippen LogP contribution is -2.26. The van der Waals surface area contributed by atoms with E-state index in [1.54, 1.807) is 50.4 Å². The van der Waals surface area contributed by atoms with Crippen LogP contribution in [0.3, 0.4) is 0 Å². The second kappa shape index (κ2) is 10.7. The van der Waals surface area contributed by atoms with Gasteiger partial charge < -0.3 is 9.26 Å². The fourth-order valence-corrected chi connectivity index (χ4v) is 8.05. The summed E-state index contributed by atoms with van der Waals surface area (Å²) >= 11 is 6.38. The summed E-state index contributed by atoms with van der Waals surface area (Å²) in [6.07, 6.45) is 0.822. The van der Waals surface area contributed by atoms with E-state index in [1.165, 1.54) is 12.1 Å². The molecule has 1 unspecified atom stereocenters. The molecule has 0 amide bonds. The van der Waals surface area contributed by atoms with Crippen LogP contribution in [0.4, 0.5) is 0 Å². The Morgan fingerprint density at radius 3 is 2.39 bits per heavy atom. The maximum absolute atomic E-state index is 14.0. The summed E-state index contributed by atoms with van der Waals surface area (Å²) in [5.41, 5.74) is 2.41. The van der Waals surface area contributed by atoms with Gasteiger partial charge in [-0.05, 0) is 68.3 Å². The summed E-state index contributed by atoms with van der Waals surface area (Å²) in [5, 5.41) is 2.26. The first-order valence-electron chi connectivity index (χ1n) is 11.5. The smallest absolute Gasteiger partial charge is 0.356 e. The number of aromatic nitrogens is 1. The Kier molecular flexibility index (Phi) is 7.86. The van der Waals surface area contributed by atoms with E-state index in [2.05, 4.69) is 13.0 Å². The second-order valence-electron chi connectivity index (χ2n) is 8.17. The van der Waals surface area contributed by atoms with Crippen LogP contribution in [-0.2, 0) is 25.7 Å². The molecule has 0 spiro atoms. The molecule has 9 heteroatoms. The molecule has 4 aromatic rings. The third-order valence-electron chi connectivity index (χ3n) is 5.76. The van der Waals surface area contributed by atoms with Gasteiger partial charge in [0, 0.05) is 28.1 Å². The molecule has 1 atom stereocenters. The molecule has 1 heterocycles. The maximum Gasteiger partial charge on any atom is 0.356 e. The number of fused-ring (bicyclic) bond motifs is 1. The van der Waals surface area contributed by atoms with E-state index in [1.807, 2.05) is 19.1 Å². The van der Waals surface area contributed by atoms with Crippen molar-refractivity contribution in [3.63, 3.8) is 0 Å². The highest BCUT2D eigenvalue weighted by Gasteiger charge is 2.35. The van der Waals surface area contributed by atoms with E-state index in [0.717, 1.165) is 26.8 Å². The number of carbonyl (C=O) groups excluding carboxylic acids is 1. The van der Waals surface area contributed by atoms with Crippen LogP contribution in [0.5, 0.6) is 0 Å². The molecule has 0 saturated carbocycles. The summed E-state index contributed by atoms with van der Waals surface area (Å²) in [6, 6.07) is 19.0. The molecule has 0 N–H and O–H groups in total. The summed E-state index contributed by atoms with van der Waals surface area (Å²) in [6.45, 7) is 5.83. The number of hydrogen-bond acceptors (Lipinski definition) is 5. The number of halogens is 1. The first-order chi connectivity index (χ1) is 17.2. The third kappa shape index (κ3) is 4.81. The topological polar surface area (TPSA) is 74.6 Å². The van der Waals surface area contributed by atoms with Crippen LogP contribution in [0.25, 0.3) is 10.9 Å². The van der Waals surface area contributed by atoms with Gasteiger partial charge in [-0.15, -0.1) is 0 Å². The van der Waals surface area contributed by atoms with Gasteiger partial charge in [0.2, 0.25) is 0 Å². The Bertz CT molecular complexity index is 1530. The Morgan fingerprint density at radius 2 is 1.75 bits per heavy atom. The van der Waals surface area contributed by atoms with Crippen LogP contribution in [0.15, 0.2) is 71.6 Å². The highest BCUT2D eigenvalue weighted by Crippen LogP contribution is 2.42. The van der Waals surface area contributed by atoms with Gasteiger partial charge in [-0.3, -0.25) is 0 Å². The normalized spacial score (nSPS) is 12.6. The van der Waals surface area contributed by atoms with E-state index in [0.29, 0.717) is 21.2 Å². The van der Waals surface area contributed by atoms with Crippen LogP contribution in [0.1, 0.15) is 35.5 Å². The van der Waals surface area contributed by atoms with Gasteiger partial charge in [-0.1, -0.05) is 48.4 Å². The Morgan fingerprint density at radius 1 is 1.03 bits per heavy atom. The Balaban J connectivity index is 2.15. The number of rotatable bonds is 8. The molecule has 0 saturated heterocycles. The molecule has 0 aliphatic carbocycles. The summed E-state index contributed by atoms with van der Waals surface area (Å²) < 4.78 is 40.4. The molecular formula is C27H27ClNO5PS. The fourth-order valence-electron chi connectivity index (χ4n) is 4.24. The van der Waals surface area contributed by atoms with Gasteiger partial charge in [-0.2, -0.15) is 0 Å². The predicted octanol–water partition coefficient (Wildman–Crippen LogP) is 5.57. The van der Waals surface area contributed by atoms with Crippen LogP contribution in [0.2, 0.25) is 5.02 Å². The second-order valence-corrected chi connectivity index (χ2v) is 12.3. The van der Waals surface area contributed by atoms with E-state index >= 15 is 0 Å². The van der Waals surface area contributed by atoms with Crippen molar-refractivity contribution < 1.29 is 22.5 Å². The van der Waals surface area contributed by atoms with Gasteiger partial charge in [0.15, 0.2) is 5.69 Å². The van der Waals surface area contributed by atoms with Crippen molar-refractivity contribution in [3.05, 3.63) is 88.6 Å². The van der Waals surface area contributed by atoms with Crippen molar-refractivity contribution in [2.24, 2.45) is 0 Å². The molecule has 1 aromatic heterocycles. The number of benzene rings is 3. The zero-order valence-electron chi connectivity index (χ0n) is 20.5.